The molecule has 1 aliphatic heterocycles. The number of carboxylic acids is 2. The predicted molar refractivity (Wildman–Crippen MR) is 56.2 cm³/mol. The van der Waals surface area contributed by atoms with Crippen molar-refractivity contribution in [1.29, 1.82) is 0 Å². The molecule has 1 amide bonds. The Bertz CT molecular complexity index is 457. The van der Waals surface area contributed by atoms with Gasteiger partial charge in [-0.2, -0.15) is 5.01 Å². The van der Waals surface area contributed by atoms with Gasteiger partial charge in [0.25, 0.3) is 0 Å². The molecular formula is C7H7N3O6S. The summed E-state index contributed by atoms with van der Waals surface area (Å²) in [5.41, 5.74) is 1.34. The molecule has 4 N–H and O–H groups in total. The normalized spacial score (nSPS) is 15.1. The lowest BCUT2D eigenvalue weighted by atomic mass is 10.4. The van der Waals surface area contributed by atoms with Gasteiger partial charge >= 0.3 is 18.0 Å². The van der Waals surface area contributed by atoms with Crippen LogP contribution in [0.25, 0.3) is 0 Å². The molecule has 1 aliphatic rings. The van der Waals surface area contributed by atoms with Crippen molar-refractivity contribution in [2.24, 2.45) is 4.99 Å². The second-order valence-electron chi connectivity index (χ2n) is 2.66. The van der Waals surface area contributed by atoms with E-state index in [9.17, 15) is 14.4 Å². The Morgan fingerprint density at radius 3 is 2.18 bits per heavy atom. The molecule has 0 atom stereocenters. The summed E-state index contributed by atoms with van der Waals surface area (Å²) < 4.78 is 0. The van der Waals surface area contributed by atoms with Gasteiger partial charge < -0.3 is 15.3 Å². The monoisotopic (exact) mass is 261 g/mol. The van der Waals surface area contributed by atoms with Crippen molar-refractivity contribution in [1.82, 2.24) is 10.4 Å². The van der Waals surface area contributed by atoms with Crippen molar-refractivity contribution in [2.45, 2.75) is 0 Å². The van der Waals surface area contributed by atoms with Gasteiger partial charge in [0.05, 0.1) is 0 Å². The maximum Gasteiger partial charge on any atom is 0.431 e. The van der Waals surface area contributed by atoms with Gasteiger partial charge in [0.1, 0.15) is 5.03 Å². The molecule has 0 saturated carbocycles. The average molecular weight is 261 g/mol. The first-order valence-electron chi connectivity index (χ1n) is 4.01. The summed E-state index contributed by atoms with van der Waals surface area (Å²) in [7, 11) is 0. The van der Waals surface area contributed by atoms with E-state index in [0.29, 0.717) is 5.01 Å². The number of nitrogens with one attached hydrogen (secondary N) is 1. The standard InChI is InChI=1S/C7H7N3O6S/c1-17-4-2(5(11)12)8-3(6(13)14)9-10(4)7(15)16/h1H3,(H,8,9)(H,11,12)(H,13,14)(H,15,16). The van der Waals surface area contributed by atoms with E-state index < -0.39 is 29.6 Å². The number of carboxylic acid groups (broad SMARTS) is 3. The van der Waals surface area contributed by atoms with Crippen molar-refractivity contribution >= 4 is 35.6 Å². The molecule has 92 valence electrons. The van der Waals surface area contributed by atoms with E-state index in [-0.39, 0.29) is 5.03 Å². The van der Waals surface area contributed by atoms with Gasteiger partial charge in [-0.3, -0.25) is 5.43 Å². The Morgan fingerprint density at radius 1 is 1.24 bits per heavy atom. The summed E-state index contributed by atoms with van der Waals surface area (Å²) in [6, 6.07) is 0. The average Bonchev–Trinajstić information content (AvgIpc) is 2.26. The van der Waals surface area contributed by atoms with E-state index in [1.54, 1.807) is 0 Å². The Balaban J connectivity index is 3.34. The molecule has 1 heterocycles. The number of amidine groups is 1. The van der Waals surface area contributed by atoms with Crippen LogP contribution in [0.15, 0.2) is 15.7 Å². The minimum atomic E-state index is -1.56. The molecule has 0 radical (unpaired) electrons. The van der Waals surface area contributed by atoms with Crippen LogP contribution in [0.5, 0.6) is 0 Å². The number of amides is 1. The second kappa shape index (κ2) is 4.74. The van der Waals surface area contributed by atoms with Crippen molar-refractivity contribution in [3.05, 3.63) is 10.7 Å². The van der Waals surface area contributed by atoms with Crippen molar-refractivity contribution in [2.75, 3.05) is 6.26 Å². The Labute approximate surface area is 98.4 Å². The molecule has 0 bridgehead atoms. The van der Waals surface area contributed by atoms with Crippen molar-refractivity contribution in [3.8, 4) is 0 Å². The summed E-state index contributed by atoms with van der Waals surface area (Å²) in [6.07, 6.45) is -0.0984. The fourth-order valence-corrected chi connectivity index (χ4v) is 1.64. The van der Waals surface area contributed by atoms with E-state index in [1.165, 1.54) is 6.26 Å². The molecule has 0 unspecified atom stereocenters. The molecule has 0 spiro atoms. The van der Waals surface area contributed by atoms with E-state index in [2.05, 4.69) is 4.99 Å². The first-order valence-corrected chi connectivity index (χ1v) is 5.24. The largest absolute Gasteiger partial charge is 0.476 e. The Hall–Kier alpha value is -2.23. The smallest absolute Gasteiger partial charge is 0.431 e. The van der Waals surface area contributed by atoms with Crippen LogP contribution in [0.4, 0.5) is 4.79 Å². The van der Waals surface area contributed by atoms with Crippen LogP contribution in [0.2, 0.25) is 0 Å². The van der Waals surface area contributed by atoms with Gasteiger partial charge in [-0.1, -0.05) is 0 Å². The number of thioether (sulfide) groups is 1. The number of hydrazine groups is 1. The van der Waals surface area contributed by atoms with Crippen LogP contribution in [0.3, 0.4) is 0 Å². The first kappa shape index (κ1) is 12.8. The van der Waals surface area contributed by atoms with Crippen LogP contribution in [0, 0.1) is 0 Å². The maximum atomic E-state index is 10.8. The second-order valence-corrected chi connectivity index (χ2v) is 3.45. The van der Waals surface area contributed by atoms with Gasteiger partial charge in [-0.05, 0) is 6.26 Å². The summed E-state index contributed by atoms with van der Waals surface area (Å²) in [4.78, 5) is 35.7. The number of hydrogen-bond acceptors (Lipinski definition) is 6. The lowest BCUT2D eigenvalue weighted by Crippen LogP contribution is -2.50. The van der Waals surface area contributed by atoms with E-state index in [1.807, 2.05) is 5.43 Å². The fourth-order valence-electron chi connectivity index (χ4n) is 1.00. The van der Waals surface area contributed by atoms with Crippen LogP contribution in [-0.2, 0) is 9.59 Å². The third kappa shape index (κ3) is 2.47. The van der Waals surface area contributed by atoms with Gasteiger partial charge in [-0.25, -0.2) is 19.4 Å². The number of nitrogens with zero attached hydrogens (tertiary/aromatic N) is 2. The number of aliphatic imine (C=N–C) groups is 1. The Kier molecular flexibility index (Phi) is 3.58. The minimum Gasteiger partial charge on any atom is -0.476 e. The molecule has 0 saturated heterocycles. The molecule has 1 rings (SSSR count). The SMILES string of the molecule is CSC1=C(C(=O)O)N=C(C(=O)O)NN1C(=O)O. The van der Waals surface area contributed by atoms with Gasteiger partial charge in [0, 0.05) is 0 Å². The minimum absolute atomic E-state index is 0.213. The van der Waals surface area contributed by atoms with Crippen molar-refractivity contribution in [3.63, 3.8) is 0 Å². The highest BCUT2D eigenvalue weighted by Gasteiger charge is 2.32. The summed E-state index contributed by atoms with van der Waals surface area (Å²) in [5, 5.41) is 26.5. The third-order valence-electron chi connectivity index (χ3n) is 1.64. The number of rotatable bonds is 3. The molecule has 0 aliphatic carbocycles. The quantitative estimate of drug-likeness (QED) is 0.537. The van der Waals surface area contributed by atoms with Crippen LogP contribution >= 0.6 is 11.8 Å². The van der Waals surface area contributed by atoms with Gasteiger partial charge in [0.15, 0.2) is 5.70 Å². The third-order valence-corrected chi connectivity index (χ3v) is 2.40. The van der Waals surface area contributed by atoms with Gasteiger partial charge in [0.2, 0.25) is 5.84 Å². The highest BCUT2D eigenvalue weighted by atomic mass is 32.2. The van der Waals surface area contributed by atoms with Crippen LogP contribution in [0.1, 0.15) is 0 Å². The van der Waals surface area contributed by atoms with E-state index in [4.69, 9.17) is 15.3 Å². The van der Waals surface area contributed by atoms with E-state index in [0.717, 1.165) is 11.8 Å². The zero-order chi connectivity index (χ0) is 13.2. The number of carbonyl (C=O) groups is 3. The summed E-state index contributed by atoms with van der Waals surface area (Å²) >= 11 is 0.814. The molecule has 0 aromatic carbocycles. The first-order chi connectivity index (χ1) is 7.88. The molecular weight excluding hydrogens is 254 g/mol. The maximum absolute atomic E-state index is 10.8. The number of aliphatic carboxylic acids is 2. The molecule has 17 heavy (non-hydrogen) atoms. The molecule has 0 aromatic rings. The lowest BCUT2D eigenvalue weighted by molar-refractivity contribution is -0.132. The van der Waals surface area contributed by atoms with Crippen LogP contribution in [-0.4, -0.2) is 50.5 Å². The molecule has 0 fully saturated rings. The highest BCUT2D eigenvalue weighted by molar-refractivity contribution is 8.02. The van der Waals surface area contributed by atoms with Crippen LogP contribution < -0.4 is 5.43 Å². The summed E-state index contributed by atoms with van der Waals surface area (Å²) in [6.45, 7) is 0. The fraction of sp³-hybridized carbons (Fsp3) is 0.143. The summed E-state index contributed by atoms with van der Waals surface area (Å²) in [5.74, 6) is -3.85. The zero-order valence-corrected chi connectivity index (χ0v) is 9.19. The topological polar surface area (TPSA) is 140 Å². The van der Waals surface area contributed by atoms with Crippen molar-refractivity contribution < 1.29 is 29.7 Å². The van der Waals surface area contributed by atoms with Gasteiger partial charge in [-0.15, -0.1) is 11.8 Å². The zero-order valence-electron chi connectivity index (χ0n) is 8.37. The highest BCUT2D eigenvalue weighted by Crippen LogP contribution is 2.24. The number of hydrogen-bond donors (Lipinski definition) is 4. The molecule has 0 aromatic heterocycles. The lowest BCUT2D eigenvalue weighted by Gasteiger charge is -2.26. The molecule has 9 nitrogen and oxygen atoms in total. The van der Waals surface area contributed by atoms with E-state index >= 15 is 0 Å². The Morgan fingerprint density at radius 2 is 1.82 bits per heavy atom. The predicted octanol–water partition coefficient (Wildman–Crippen LogP) is -0.416. The molecule has 10 heteroatoms.